The number of nitrogens with one attached hydrogen (secondary N) is 3. The first-order valence-corrected chi connectivity index (χ1v) is 17.3. The number of furan rings is 1. The molecule has 1 unspecified atom stereocenters. The van der Waals surface area contributed by atoms with Crippen molar-refractivity contribution >= 4 is 46.9 Å². The lowest BCUT2D eigenvalue weighted by Crippen LogP contribution is -2.30. The number of hydrogen-bond donors (Lipinski definition) is 3. The largest absolute Gasteiger partial charge is 0.457 e. The number of amides is 3. The minimum atomic E-state index is -4.65. The van der Waals surface area contributed by atoms with Crippen LogP contribution in [0.15, 0.2) is 161 Å². The molecule has 11 heteroatoms. The molecule has 0 aliphatic heterocycles. The average molecular weight is 732 g/mol. The second-order valence-corrected chi connectivity index (χ2v) is 13.0. The summed E-state index contributed by atoms with van der Waals surface area (Å²) >= 11 is 1.14. The van der Waals surface area contributed by atoms with Gasteiger partial charge in [-0.25, -0.2) is 0 Å². The van der Waals surface area contributed by atoms with Gasteiger partial charge in [0.15, 0.2) is 0 Å². The van der Waals surface area contributed by atoms with E-state index in [4.69, 9.17) is 4.42 Å². The fourth-order valence-electron chi connectivity index (χ4n) is 5.28. The normalized spacial score (nSPS) is 12.1. The van der Waals surface area contributed by atoms with Crippen LogP contribution in [0.25, 0.3) is 17.4 Å². The highest BCUT2D eigenvalue weighted by Gasteiger charge is 2.34. The molecule has 6 aromatic rings. The van der Waals surface area contributed by atoms with Crippen LogP contribution in [0.1, 0.15) is 38.1 Å². The molecule has 0 aliphatic carbocycles. The van der Waals surface area contributed by atoms with E-state index in [2.05, 4.69) is 16.0 Å². The third kappa shape index (κ3) is 9.52. The van der Waals surface area contributed by atoms with Crippen LogP contribution in [0.5, 0.6) is 0 Å². The van der Waals surface area contributed by atoms with Crippen LogP contribution in [0.2, 0.25) is 0 Å². The number of rotatable bonds is 11. The second kappa shape index (κ2) is 16.3. The van der Waals surface area contributed by atoms with Crippen LogP contribution in [0.3, 0.4) is 0 Å². The molecule has 266 valence electrons. The van der Waals surface area contributed by atoms with E-state index >= 15 is 0 Å². The first-order valence-electron chi connectivity index (χ1n) is 16.4. The standard InChI is InChI=1S/C42H32F3N3O4S/c1-27-16-18-28(19-17-27)37-25-22-32(52-37)26-36(48-39(49)30-12-6-3-7-13-30)40(50)46-31-20-23-33(24-21-31)53-38(29-10-4-2-5-11-29)41(51)47-35-15-9-8-14-34(35)42(43,44)45/h2-26,38H,1H3,(H,46,50)(H,47,51)(H,48,49). The molecule has 1 heterocycles. The number of anilines is 2. The van der Waals surface area contributed by atoms with Gasteiger partial charge in [0.25, 0.3) is 11.8 Å². The summed E-state index contributed by atoms with van der Waals surface area (Å²) in [4.78, 5) is 40.9. The highest BCUT2D eigenvalue weighted by molar-refractivity contribution is 8.00. The number of hydrogen-bond acceptors (Lipinski definition) is 5. The van der Waals surface area contributed by atoms with Crippen LogP contribution < -0.4 is 16.0 Å². The van der Waals surface area contributed by atoms with Gasteiger partial charge in [-0.3, -0.25) is 14.4 Å². The summed E-state index contributed by atoms with van der Waals surface area (Å²) in [5, 5.41) is 7.04. The van der Waals surface area contributed by atoms with Gasteiger partial charge < -0.3 is 20.4 Å². The van der Waals surface area contributed by atoms with Gasteiger partial charge in [0.05, 0.1) is 11.3 Å². The first kappa shape index (κ1) is 36.5. The molecule has 0 saturated carbocycles. The topological polar surface area (TPSA) is 100 Å². The van der Waals surface area contributed by atoms with Gasteiger partial charge >= 0.3 is 6.18 Å². The number of para-hydroxylation sites is 1. The number of halogens is 3. The smallest absolute Gasteiger partial charge is 0.418 e. The lowest BCUT2D eigenvalue weighted by molar-refractivity contribution is -0.137. The number of carbonyl (C=O) groups excluding carboxylic acids is 3. The minimum Gasteiger partial charge on any atom is -0.457 e. The summed E-state index contributed by atoms with van der Waals surface area (Å²) in [6.07, 6.45) is -3.21. The van der Waals surface area contributed by atoms with Crippen molar-refractivity contribution < 1.29 is 32.0 Å². The van der Waals surface area contributed by atoms with E-state index in [0.717, 1.165) is 29.0 Å². The Morgan fingerprint density at radius 1 is 0.717 bits per heavy atom. The molecule has 7 nitrogen and oxygen atoms in total. The molecule has 3 amide bonds. The maximum absolute atomic E-state index is 13.7. The van der Waals surface area contributed by atoms with Crippen molar-refractivity contribution in [3.8, 4) is 11.3 Å². The van der Waals surface area contributed by atoms with Gasteiger partial charge in [0.1, 0.15) is 22.5 Å². The Balaban J connectivity index is 1.21. The molecule has 1 aromatic heterocycles. The summed E-state index contributed by atoms with van der Waals surface area (Å²) in [7, 11) is 0. The van der Waals surface area contributed by atoms with E-state index in [0.29, 0.717) is 33.2 Å². The Hall–Kier alpha value is -6.33. The Labute approximate surface area is 307 Å². The Morgan fingerprint density at radius 2 is 1.36 bits per heavy atom. The average Bonchev–Trinajstić information content (AvgIpc) is 3.63. The SMILES string of the molecule is Cc1ccc(-c2ccc(C=C(NC(=O)c3ccccc3)C(=O)Nc3ccc(SC(C(=O)Nc4ccccc4C(F)(F)F)c4ccccc4)cc3)o2)cc1. The van der Waals surface area contributed by atoms with E-state index in [-0.39, 0.29) is 11.4 Å². The second-order valence-electron chi connectivity index (χ2n) is 11.9. The zero-order valence-corrected chi connectivity index (χ0v) is 29.0. The van der Waals surface area contributed by atoms with Crippen LogP contribution in [0, 0.1) is 6.92 Å². The van der Waals surface area contributed by atoms with E-state index in [1.165, 1.54) is 24.3 Å². The number of thioether (sulfide) groups is 1. The van der Waals surface area contributed by atoms with Gasteiger partial charge in [-0.2, -0.15) is 13.2 Å². The summed E-state index contributed by atoms with van der Waals surface area (Å²) in [5.41, 5.74) is 1.93. The molecule has 53 heavy (non-hydrogen) atoms. The van der Waals surface area contributed by atoms with E-state index in [1.807, 2.05) is 31.2 Å². The van der Waals surface area contributed by atoms with Crippen molar-refractivity contribution in [2.75, 3.05) is 10.6 Å². The Bertz CT molecular complexity index is 2240. The van der Waals surface area contributed by atoms with E-state index in [9.17, 15) is 27.6 Å². The molecule has 5 aromatic carbocycles. The lowest BCUT2D eigenvalue weighted by Gasteiger charge is -2.19. The summed E-state index contributed by atoms with van der Waals surface area (Å²) in [6, 6.07) is 39.8. The molecule has 0 radical (unpaired) electrons. The molecule has 3 N–H and O–H groups in total. The first-order chi connectivity index (χ1) is 25.5. The van der Waals surface area contributed by atoms with Crippen molar-refractivity contribution in [1.82, 2.24) is 5.32 Å². The third-order valence-electron chi connectivity index (χ3n) is 7.98. The van der Waals surface area contributed by atoms with Gasteiger partial charge in [-0.05, 0) is 73.2 Å². The van der Waals surface area contributed by atoms with Crippen LogP contribution >= 0.6 is 11.8 Å². The monoisotopic (exact) mass is 731 g/mol. The molecule has 1 atom stereocenters. The maximum Gasteiger partial charge on any atom is 0.418 e. The molecule has 6 rings (SSSR count). The quantitative estimate of drug-likeness (QED) is 0.0910. The highest BCUT2D eigenvalue weighted by Crippen LogP contribution is 2.39. The zero-order chi connectivity index (χ0) is 37.4. The predicted octanol–water partition coefficient (Wildman–Crippen LogP) is 10.2. The van der Waals surface area contributed by atoms with Crippen molar-refractivity contribution in [1.29, 1.82) is 0 Å². The molecule has 0 saturated heterocycles. The summed E-state index contributed by atoms with van der Waals surface area (Å²) in [5.74, 6) is -0.817. The molecule has 0 spiro atoms. The zero-order valence-electron chi connectivity index (χ0n) is 28.2. The summed E-state index contributed by atoms with van der Waals surface area (Å²) < 4.78 is 47.0. The van der Waals surface area contributed by atoms with Crippen molar-refractivity contribution in [2.24, 2.45) is 0 Å². The number of alkyl halides is 3. The number of carbonyl (C=O) groups is 3. The molecular formula is C42H32F3N3O4S. The fraction of sp³-hybridized carbons (Fsp3) is 0.0714. The van der Waals surface area contributed by atoms with E-state index < -0.39 is 34.7 Å². The highest BCUT2D eigenvalue weighted by atomic mass is 32.2. The lowest BCUT2D eigenvalue weighted by atomic mass is 10.1. The van der Waals surface area contributed by atoms with Crippen molar-refractivity contribution in [2.45, 2.75) is 23.2 Å². The number of benzene rings is 5. The fourth-order valence-corrected chi connectivity index (χ4v) is 6.30. The van der Waals surface area contributed by atoms with Crippen LogP contribution in [0.4, 0.5) is 24.5 Å². The van der Waals surface area contributed by atoms with Gasteiger partial charge in [-0.15, -0.1) is 11.8 Å². The molecular weight excluding hydrogens is 700 g/mol. The Kier molecular flexibility index (Phi) is 11.2. The summed E-state index contributed by atoms with van der Waals surface area (Å²) in [6.45, 7) is 1.98. The third-order valence-corrected chi connectivity index (χ3v) is 9.24. The molecule has 0 aliphatic rings. The predicted molar refractivity (Wildman–Crippen MR) is 201 cm³/mol. The van der Waals surface area contributed by atoms with Gasteiger partial charge in [-0.1, -0.05) is 90.5 Å². The molecule has 0 fully saturated rings. The van der Waals surface area contributed by atoms with Crippen LogP contribution in [-0.4, -0.2) is 17.7 Å². The van der Waals surface area contributed by atoms with Crippen molar-refractivity contribution in [3.63, 3.8) is 0 Å². The van der Waals surface area contributed by atoms with Gasteiger partial charge in [0, 0.05) is 27.8 Å². The van der Waals surface area contributed by atoms with Crippen molar-refractivity contribution in [3.05, 3.63) is 179 Å². The van der Waals surface area contributed by atoms with Gasteiger partial charge in [0.2, 0.25) is 5.91 Å². The Morgan fingerprint density at radius 3 is 2.04 bits per heavy atom. The number of aryl methyl sites for hydroxylation is 1. The van der Waals surface area contributed by atoms with Crippen LogP contribution in [-0.2, 0) is 15.8 Å². The maximum atomic E-state index is 13.7. The minimum absolute atomic E-state index is 0.0675. The van der Waals surface area contributed by atoms with E-state index in [1.54, 1.807) is 97.1 Å². The molecule has 0 bridgehead atoms.